The van der Waals surface area contributed by atoms with Crippen molar-refractivity contribution in [2.24, 2.45) is 5.73 Å². The summed E-state index contributed by atoms with van der Waals surface area (Å²) in [5, 5.41) is 3.90. The second kappa shape index (κ2) is 3.34. The lowest BCUT2D eigenvalue weighted by Gasteiger charge is -2.03. The Kier molecular flexibility index (Phi) is 1.97. The molecular formula is C10H11N5O. The van der Waals surface area contributed by atoms with Crippen LogP contribution in [0.4, 0.5) is 0 Å². The summed E-state index contributed by atoms with van der Waals surface area (Å²) in [6.07, 6.45) is 6.85. The summed E-state index contributed by atoms with van der Waals surface area (Å²) >= 11 is 0. The van der Waals surface area contributed by atoms with Gasteiger partial charge in [0.05, 0.1) is 11.6 Å². The predicted molar refractivity (Wildman–Crippen MR) is 55.3 cm³/mol. The Morgan fingerprint density at radius 1 is 1.38 bits per heavy atom. The largest absolute Gasteiger partial charge is 0.338 e. The molecule has 0 spiro atoms. The number of rotatable bonds is 3. The fraction of sp³-hybridized carbons (Fsp3) is 0.400. The number of aromatic nitrogens is 4. The third kappa shape index (κ3) is 1.38. The lowest BCUT2D eigenvalue weighted by molar-refractivity contribution is 0.347. The van der Waals surface area contributed by atoms with Crippen molar-refractivity contribution in [2.75, 3.05) is 6.54 Å². The maximum absolute atomic E-state index is 5.69. The Hall–Kier alpha value is -1.82. The molecule has 0 saturated heterocycles. The van der Waals surface area contributed by atoms with Gasteiger partial charge in [-0.25, -0.2) is 4.98 Å². The first kappa shape index (κ1) is 9.41. The van der Waals surface area contributed by atoms with E-state index < -0.39 is 0 Å². The molecule has 0 amide bonds. The maximum Gasteiger partial charge on any atom is 0.234 e. The SMILES string of the molecule is NCC1(c2nc(-c3cnccn3)no2)CC1. The lowest BCUT2D eigenvalue weighted by atomic mass is 10.1. The molecular weight excluding hydrogens is 206 g/mol. The first-order valence-electron chi connectivity index (χ1n) is 5.15. The molecule has 2 heterocycles. The van der Waals surface area contributed by atoms with E-state index in [9.17, 15) is 0 Å². The van der Waals surface area contributed by atoms with Crippen molar-refractivity contribution in [1.29, 1.82) is 0 Å². The summed E-state index contributed by atoms with van der Waals surface area (Å²) in [5.41, 5.74) is 6.23. The van der Waals surface area contributed by atoms with Gasteiger partial charge in [-0.15, -0.1) is 0 Å². The Bertz CT molecular complexity index is 491. The van der Waals surface area contributed by atoms with E-state index in [-0.39, 0.29) is 5.41 Å². The number of nitrogens with zero attached hydrogens (tertiary/aromatic N) is 4. The molecule has 2 N–H and O–H groups in total. The van der Waals surface area contributed by atoms with Crippen molar-refractivity contribution in [3.63, 3.8) is 0 Å². The van der Waals surface area contributed by atoms with Crippen LogP contribution in [0.5, 0.6) is 0 Å². The molecule has 2 aromatic rings. The Morgan fingerprint density at radius 3 is 2.88 bits per heavy atom. The van der Waals surface area contributed by atoms with Gasteiger partial charge in [-0.1, -0.05) is 5.16 Å². The van der Waals surface area contributed by atoms with Crippen molar-refractivity contribution < 1.29 is 4.52 Å². The normalized spacial score (nSPS) is 17.3. The minimum atomic E-state index is -0.0759. The van der Waals surface area contributed by atoms with Crippen LogP contribution >= 0.6 is 0 Å². The summed E-state index contributed by atoms with van der Waals surface area (Å²) in [4.78, 5) is 12.4. The molecule has 0 radical (unpaired) electrons. The zero-order valence-corrected chi connectivity index (χ0v) is 8.63. The highest BCUT2D eigenvalue weighted by atomic mass is 16.5. The van der Waals surface area contributed by atoms with Crippen molar-refractivity contribution in [1.82, 2.24) is 20.1 Å². The third-order valence-electron chi connectivity index (χ3n) is 2.92. The van der Waals surface area contributed by atoms with Gasteiger partial charge in [0.25, 0.3) is 0 Å². The van der Waals surface area contributed by atoms with Crippen LogP contribution < -0.4 is 5.73 Å². The van der Waals surface area contributed by atoms with Crippen LogP contribution in [0.1, 0.15) is 18.7 Å². The second-order valence-electron chi connectivity index (χ2n) is 4.00. The van der Waals surface area contributed by atoms with E-state index in [1.165, 1.54) is 0 Å². The van der Waals surface area contributed by atoms with Crippen molar-refractivity contribution in [2.45, 2.75) is 18.3 Å². The molecule has 1 fully saturated rings. The van der Waals surface area contributed by atoms with Crippen LogP contribution in [0.3, 0.4) is 0 Å². The molecule has 1 aliphatic carbocycles. The summed E-state index contributed by atoms with van der Waals surface area (Å²) < 4.78 is 5.23. The highest BCUT2D eigenvalue weighted by molar-refractivity contribution is 5.46. The first-order valence-corrected chi connectivity index (χ1v) is 5.15. The van der Waals surface area contributed by atoms with Gasteiger partial charge < -0.3 is 10.3 Å². The van der Waals surface area contributed by atoms with Crippen molar-refractivity contribution >= 4 is 0 Å². The van der Waals surface area contributed by atoms with E-state index in [2.05, 4.69) is 20.1 Å². The number of hydrogen-bond donors (Lipinski definition) is 1. The molecule has 3 rings (SSSR count). The molecule has 82 valence electrons. The minimum Gasteiger partial charge on any atom is -0.338 e. The smallest absolute Gasteiger partial charge is 0.234 e. The average Bonchev–Trinajstić information content (AvgIpc) is 3.00. The number of nitrogens with two attached hydrogens (primary N) is 1. The van der Waals surface area contributed by atoms with Gasteiger partial charge >= 0.3 is 0 Å². The zero-order chi connectivity index (χ0) is 11.0. The maximum atomic E-state index is 5.69. The minimum absolute atomic E-state index is 0.0759. The lowest BCUT2D eigenvalue weighted by Crippen LogP contribution is -2.19. The summed E-state index contributed by atoms with van der Waals surface area (Å²) in [5.74, 6) is 1.10. The molecule has 6 heteroatoms. The fourth-order valence-electron chi connectivity index (χ4n) is 1.61. The molecule has 0 aliphatic heterocycles. The molecule has 0 aromatic carbocycles. The van der Waals surface area contributed by atoms with Gasteiger partial charge in [0.1, 0.15) is 5.69 Å². The summed E-state index contributed by atoms with van der Waals surface area (Å²) in [6.45, 7) is 0.551. The van der Waals surface area contributed by atoms with E-state index in [0.717, 1.165) is 12.8 Å². The molecule has 1 saturated carbocycles. The van der Waals surface area contributed by atoms with Crippen molar-refractivity contribution in [3.8, 4) is 11.5 Å². The third-order valence-corrected chi connectivity index (χ3v) is 2.92. The molecule has 1 aliphatic rings. The second-order valence-corrected chi connectivity index (χ2v) is 4.00. The van der Waals surface area contributed by atoms with Gasteiger partial charge in [0.2, 0.25) is 11.7 Å². The van der Waals surface area contributed by atoms with E-state index in [1.54, 1.807) is 18.6 Å². The average molecular weight is 217 g/mol. The predicted octanol–water partition coefficient (Wildman–Crippen LogP) is 0.517. The summed E-state index contributed by atoms with van der Waals surface area (Å²) in [6, 6.07) is 0. The van der Waals surface area contributed by atoms with E-state index in [4.69, 9.17) is 10.3 Å². The molecule has 2 aromatic heterocycles. The molecule has 16 heavy (non-hydrogen) atoms. The van der Waals surface area contributed by atoms with Crippen LogP contribution in [0.2, 0.25) is 0 Å². The van der Waals surface area contributed by atoms with Crippen LogP contribution in [0.25, 0.3) is 11.5 Å². The highest BCUT2D eigenvalue weighted by Crippen LogP contribution is 2.46. The molecule has 0 bridgehead atoms. The first-order chi connectivity index (χ1) is 7.84. The highest BCUT2D eigenvalue weighted by Gasteiger charge is 2.48. The van der Waals surface area contributed by atoms with Crippen LogP contribution in [-0.4, -0.2) is 26.7 Å². The molecule has 0 unspecified atom stereocenters. The van der Waals surface area contributed by atoms with Crippen LogP contribution in [0, 0.1) is 0 Å². The summed E-state index contributed by atoms with van der Waals surface area (Å²) in [7, 11) is 0. The zero-order valence-electron chi connectivity index (χ0n) is 8.63. The quantitative estimate of drug-likeness (QED) is 0.805. The van der Waals surface area contributed by atoms with E-state index in [1.807, 2.05) is 0 Å². The van der Waals surface area contributed by atoms with Crippen molar-refractivity contribution in [3.05, 3.63) is 24.5 Å². The Balaban J connectivity index is 1.94. The molecule has 6 nitrogen and oxygen atoms in total. The van der Waals surface area contributed by atoms with Gasteiger partial charge in [0, 0.05) is 18.9 Å². The van der Waals surface area contributed by atoms with E-state index in [0.29, 0.717) is 24.0 Å². The van der Waals surface area contributed by atoms with Gasteiger partial charge in [-0.3, -0.25) is 4.98 Å². The van der Waals surface area contributed by atoms with Gasteiger partial charge in [-0.05, 0) is 12.8 Å². The topological polar surface area (TPSA) is 90.7 Å². The van der Waals surface area contributed by atoms with Crippen LogP contribution in [-0.2, 0) is 5.41 Å². The standard InChI is InChI=1S/C10H11N5O/c11-6-10(1-2-10)9-14-8(15-16-9)7-5-12-3-4-13-7/h3-5H,1-2,6,11H2. The monoisotopic (exact) mass is 217 g/mol. The van der Waals surface area contributed by atoms with Gasteiger partial charge in [-0.2, -0.15) is 4.98 Å². The van der Waals surface area contributed by atoms with Crippen LogP contribution in [0.15, 0.2) is 23.1 Å². The molecule has 0 atom stereocenters. The number of hydrogen-bond acceptors (Lipinski definition) is 6. The van der Waals surface area contributed by atoms with Gasteiger partial charge in [0.15, 0.2) is 0 Å². The Labute approximate surface area is 91.9 Å². The Morgan fingerprint density at radius 2 is 2.25 bits per heavy atom. The fourth-order valence-corrected chi connectivity index (χ4v) is 1.61. The van der Waals surface area contributed by atoms with E-state index >= 15 is 0 Å².